The minimum absolute atomic E-state index is 0.0558. The van der Waals surface area contributed by atoms with Crippen molar-refractivity contribution in [2.75, 3.05) is 6.61 Å². The van der Waals surface area contributed by atoms with Crippen molar-refractivity contribution in [3.05, 3.63) is 0 Å². The van der Waals surface area contributed by atoms with Gasteiger partial charge in [-0.25, -0.2) is 4.79 Å². The van der Waals surface area contributed by atoms with Crippen LogP contribution in [-0.2, 0) is 0 Å². The highest BCUT2D eigenvalue weighted by atomic mass is 16.3. The van der Waals surface area contributed by atoms with Crippen molar-refractivity contribution >= 4 is 6.03 Å². The molecule has 2 aliphatic carbocycles. The first-order chi connectivity index (χ1) is 8.70. The Hall–Kier alpha value is -0.770. The molecule has 3 unspecified atom stereocenters. The third-order valence-electron chi connectivity index (χ3n) is 4.68. The number of aliphatic hydroxyl groups excluding tert-OH is 1. The number of urea groups is 1. The largest absolute Gasteiger partial charge is 0.396 e. The lowest BCUT2D eigenvalue weighted by Crippen LogP contribution is -2.51. The maximum absolute atomic E-state index is 11.9. The summed E-state index contributed by atoms with van der Waals surface area (Å²) in [4.78, 5) is 11.9. The number of nitrogens with one attached hydrogen (secondary N) is 2. The van der Waals surface area contributed by atoms with Gasteiger partial charge in [-0.05, 0) is 38.5 Å². The standard InChI is InChI=1S/C14H26N2O2/c1-10(11-6-4-7-11)15-14(18)16-13-8-3-2-5-12(13)9-17/h10-13,17H,2-9H2,1H3,(H2,15,16,18). The molecule has 0 spiro atoms. The zero-order chi connectivity index (χ0) is 13.0. The van der Waals surface area contributed by atoms with E-state index in [9.17, 15) is 9.90 Å². The van der Waals surface area contributed by atoms with Crippen LogP contribution >= 0.6 is 0 Å². The van der Waals surface area contributed by atoms with Crippen molar-refractivity contribution in [1.29, 1.82) is 0 Å². The van der Waals surface area contributed by atoms with Crippen molar-refractivity contribution in [3.8, 4) is 0 Å². The summed E-state index contributed by atoms with van der Waals surface area (Å²) in [5.74, 6) is 0.902. The van der Waals surface area contributed by atoms with E-state index in [1.807, 2.05) is 0 Å². The SMILES string of the molecule is CC(NC(=O)NC1CCCCC1CO)C1CCC1. The minimum Gasteiger partial charge on any atom is -0.396 e. The molecule has 0 heterocycles. The summed E-state index contributed by atoms with van der Waals surface area (Å²) >= 11 is 0. The Morgan fingerprint density at radius 2 is 1.94 bits per heavy atom. The zero-order valence-corrected chi connectivity index (χ0v) is 11.3. The van der Waals surface area contributed by atoms with E-state index in [0.717, 1.165) is 19.3 Å². The van der Waals surface area contributed by atoms with E-state index < -0.39 is 0 Å². The van der Waals surface area contributed by atoms with Crippen LogP contribution in [0.2, 0.25) is 0 Å². The smallest absolute Gasteiger partial charge is 0.315 e. The molecule has 18 heavy (non-hydrogen) atoms. The van der Waals surface area contributed by atoms with Crippen LogP contribution in [0.5, 0.6) is 0 Å². The van der Waals surface area contributed by atoms with Crippen LogP contribution in [0.3, 0.4) is 0 Å². The van der Waals surface area contributed by atoms with Gasteiger partial charge in [-0.15, -0.1) is 0 Å². The Labute approximate surface area is 110 Å². The quantitative estimate of drug-likeness (QED) is 0.719. The summed E-state index contributed by atoms with van der Waals surface area (Å²) < 4.78 is 0. The van der Waals surface area contributed by atoms with Crippen LogP contribution in [0.4, 0.5) is 4.79 Å². The van der Waals surface area contributed by atoms with Gasteiger partial charge in [-0.2, -0.15) is 0 Å². The van der Waals surface area contributed by atoms with Gasteiger partial charge in [0.2, 0.25) is 0 Å². The van der Waals surface area contributed by atoms with Gasteiger partial charge in [-0.1, -0.05) is 19.3 Å². The van der Waals surface area contributed by atoms with Gasteiger partial charge in [0.05, 0.1) is 0 Å². The highest BCUT2D eigenvalue weighted by molar-refractivity contribution is 5.74. The summed E-state index contributed by atoms with van der Waals surface area (Å²) in [6.45, 7) is 2.27. The molecule has 2 aliphatic rings. The normalized spacial score (nSPS) is 30.3. The molecule has 0 bridgehead atoms. The van der Waals surface area contributed by atoms with Crippen molar-refractivity contribution in [2.45, 2.75) is 64.0 Å². The first-order valence-electron chi connectivity index (χ1n) is 7.38. The topological polar surface area (TPSA) is 61.4 Å². The van der Waals surface area contributed by atoms with Crippen molar-refractivity contribution < 1.29 is 9.90 Å². The van der Waals surface area contributed by atoms with Crippen molar-refractivity contribution in [1.82, 2.24) is 10.6 Å². The molecule has 0 aliphatic heterocycles. The van der Waals surface area contributed by atoms with E-state index in [0.29, 0.717) is 5.92 Å². The maximum atomic E-state index is 11.9. The van der Waals surface area contributed by atoms with Crippen molar-refractivity contribution in [2.24, 2.45) is 11.8 Å². The molecular formula is C14H26N2O2. The Morgan fingerprint density at radius 3 is 2.56 bits per heavy atom. The van der Waals surface area contributed by atoms with Crippen LogP contribution in [-0.4, -0.2) is 29.8 Å². The van der Waals surface area contributed by atoms with E-state index in [1.165, 1.54) is 25.7 Å². The first-order valence-corrected chi connectivity index (χ1v) is 7.38. The second-order valence-electron chi connectivity index (χ2n) is 5.93. The highest BCUT2D eigenvalue weighted by Crippen LogP contribution is 2.29. The molecule has 2 amide bonds. The van der Waals surface area contributed by atoms with E-state index in [2.05, 4.69) is 17.6 Å². The Balaban J connectivity index is 1.74. The molecule has 0 radical (unpaired) electrons. The predicted molar refractivity (Wildman–Crippen MR) is 71.3 cm³/mol. The molecule has 2 fully saturated rings. The van der Waals surface area contributed by atoms with Crippen LogP contribution in [0.15, 0.2) is 0 Å². The van der Waals surface area contributed by atoms with E-state index in [-0.39, 0.29) is 30.6 Å². The predicted octanol–water partition coefficient (Wildman–Crippen LogP) is 2.03. The fourth-order valence-corrected chi connectivity index (χ4v) is 3.09. The van der Waals surface area contributed by atoms with Gasteiger partial charge >= 0.3 is 6.03 Å². The summed E-state index contributed by atoms with van der Waals surface area (Å²) in [5.41, 5.74) is 0. The van der Waals surface area contributed by atoms with Crippen LogP contribution in [0, 0.1) is 11.8 Å². The lowest BCUT2D eigenvalue weighted by atomic mass is 9.80. The first kappa shape index (κ1) is 13.7. The molecule has 3 atom stereocenters. The number of hydrogen-bond acceptors (Lipinski definition) is 2. The Morgan fingerprint density at radius 1 is 1.22 bits per heavy atom. The molecule has 4 heteroatoms. The highest BCUT2D eigenvalue weighted by Gasteiger charge is 2.28. The zero-order valence-electron chi connectivity index (χ0n) is 11.3. The summed E-state index contributed by atoms with van der Waals surface area (Å²) in [6, 6.07) is 0.368. The summed E-state index contributed by atoms with van der Waals surface area (Å²) in [6.07, 6.45) is 8.13. The molecule has 2 rings (SSSR count). The van der Waals surface area contributed by atoms with Crippen LogP contribution in [0.25, 0.3) is 0 Å². The van der Waals surface area contributed by atoms with Gasteiger partial charge < -0.3 is 15.7 Å². The molecule has 0 aromatic heterocycles. The number of hydrogen-bond donors (Lipinski definition) is 3. The second-order valence-corrected chi connectivity index (χ2v) is 5.93. The van der Waals surface area contributed by atoms with E-state index in [1.54, 1.807) is 0 Å². The molecule has 3 N–H and O–H groups in total. The lowest BCUT2D eigenvalue weighted by molar-refractivity contribution is 0.151. The molecule has 104 valence electrons. The van der Waals surface area contributed by atoms with Gasteiger partial charge in [0.15, 0.2) is 0 Å². The summed E-state index contributed by atoms with van der Waals surface area (Å²) in [7, 11) is 0. The monoisotopic (exact) mass is 254 g/mol. The average molecular weight is 254 g/mol. The maximum Gasteiger partial charge on any atom is 0.315 e. The number of aliphatic hydroxyl groups is 1. The fourth-order valence-electron chi connectivity index (χ4n) is 3.09. The van der Waals surface area contributed by atoms with Gasteiger partial charge in [0, 0.05) is 24.6 Å². The van der Waals surface area contributed by atoms with E-state index in [4.69, 9.17) is 0 Å². The summed E-state index contributed by atoms with van der Waals surface area (Å²) in [5, 5.41) is 15.4. The Kier molecular flexibility index (Phi) is 4.87. The lowest BCUT2D eigenvalue weighted by Gasteiger charge is -2.34. The second kappa shape index (κ2) is 6.41. The van der Waals surface area contributed by atoms with Crippen molar-refractivity contribution in [3.63, 3.8) is 0 Å². The third-order valence-corrected chi connectivity index (χ3v) is 4.68. The number of carbonyl (C=O) groups excluding carboxylic acids is 1. The third kappa shape index (κ3) is 3.37. The van der Waals surface area contributed by atoms with Crippen LogP contribution < -0.4 is 10.6 Å². The molecule has 0 saturated heterocycles. The van der Waals surface area contributed by atoms with Crippen LogP contribution in [0.1, 0.15) is 51.9 Å². The molecule has 2 saturated carbocycles. The average Bonchev–Trinajstić information content (AvgIpc) is 2.27. The number of amides is 2. The molecular weight excluding hydrogens is 228 g/mol. The minimum atomic E-state index is -0.0558. The van der Waals surface area contributed by atoms with Gasteiger partial charge in [0.1, 0.15) is 0 Å². The Bertz CT molecular complexity index is 279. The molecule has 0 aromatic carbocycles. The number of rotatable bonds is 4. The van der Waals surface area contributed by atoms with E-state index >= 15 is 0 Å². The fraction of sp³-hybridized carbons (Fsp3) is 0.929. The van der Waals surface area contributed by atoms with Gasteiger partial charge in [-0.3, -0.25) is 0 Å². The number of carbonyl (C=O) groups is 1. The molecule has 0 aromatic rings. The molecule has 4 nitrogen and oxygen atoms in total. The van der Waals surface area contributed by atoms with Gasteiger partial charge in [0.25, 0.3) is 0 Å².